The van der Waals surface area contributed by atoms with Gasteiger partial charge in [0.1, 0.15) is 6.04 Å². The number of urea groups is 1. The number of benzene rings is 2. The first-order chi connectivity index (χ1) is 10.6. The molecule has 0 aromatic heterocycles. The van der Waals surface area contributed by atoms with Gasteiger partial charge in [-0.3, -0.25) is 0 Å². The Hall–Kier alpha value is -2.53. The second-order valence-electron chi connectivity index (χ2n) is 4.66. The first-order valence-corrected chi connectivity index (χ1v) is 7.03. The fourth-order valence-corrected chi connectivity index (χ4v) is 2.11. The van der Waals surface area contributed by atoms with Crippen LogP contribution in [0, 0.1) is 0 Å². The third-order valence-corrected chi connectivity index (χ3v) is 3.34. The summed E-state index contributed by atoms with van der Waals surface area (Å²) in [5.74, 6) is -1.10. The van der Waals surface area contributed by atoms with Gasteiger partial charge in [0.25, 0.3) is 0 Å². The van der Waals surface area contributed by atoms with E-state index in [4.69, 9.17) is 11.6 Å². The Morgan fingerprint density at radius 1 is 1.05 bits per heavy atom. The number of para-hydroxylation sites is 1. The van der Waals surface area contributed by atoms with Crippen molar-refractivity contribution in [3.8, 4) is 0 Å². The van der Waals surface area contributed by atoms with Gasteiger partial charge >= 0.3 is 12.0 Å². The molecular formula is C16H15ClN2O3. The van der Waals surface area contributed by atoms with Crippen molar-refractivity contribution in [1.29, 1.82) is 0 Å². The number of carboxylic acid groups (broad SMARTS) is 1. The molecule has 114 valence electrons. The average Bonchev–Trinajstić information content (AvgIpc) is 2.50. The van der Waals surface area contributed by atoms with Crippen LogP contribution in [0.3, 0.4) is 0 Å². The van der Waals surface area contributed by atoms with Gasteiger partial charge in [0.2, 0.25) is 0 Å². The quantitative estimate of drug-likeness (QED) is 0.792. The molecule has 0 fully saturated rings. The molecule has 5 nitrogen and oxygen atoms in total. The van der Waals surface area contributed by atoms with E-state index in [0.717, 1.165) is 5.56 Å². The lowest BCUT2D eigenvalue weighted by Gasteiger charge is -2.15. The minimum atomic E-state index is -1.10. The molecule has 0 saturated carbocycles. The van der Waals surface area contributed by atoms with Crippen molar-refractivity contribution in [2.24, 2.45) is 0 Å². The van der Waals surface area contributed by atoms with E-state index < -0.39 is 18.0 Å². The van der Waals surface area contributed by atoms with Gasteiger partial charge in [0, 0.05) is 6.42 Å². The Balaban J connectivity index is 2.00. The highest BCUT2D eigenvalue weighted by atomic mass is 35.5. The Labute approximate surface area is 132 Å². The van der Waals surface area contributed by atoms with Crippen LogP contribution < -0.4 is 10.6 Å². The molecule has 2 aromatic carbocycles. The van der Waals surface area contributed by atoms with E-state index >= 15 is 0 Å². The highest BCUT2D eigenvalue weighted by Gasteiger charge is 2.20. The van der Waals surface area contributed by atoms with E-state index in [1.54, 1.807) is 24.3 Å². The van der Waals surface area contributed by atoms with Gasteiger partial charge in [0.05, 0.1) is 10.7 Å². The van der Waals surface area contributed by atoms with Crippen molar-refractivity contribution in [1.82, 2.24) is 5.32 Å². The van der Waals surface area contributed by atoms with Crippen molar-refractivity contribution >= 4 is 29.3 Å². The van der Waals surface area contributed by atoms with E-state index in [-0.39, 0.29) is 6.42 Å². The number of carbonyl (C=O) groups excluding carboxylic acids is 1. The molecule has 2 rings (SSSR count). The Morgan fingerprint density at radius 2 is 1.68 bits per heavy atom. The Bertz CT molecular complexity index is 661. The largest absolute Gasteiger partial charge is 0.480 e. The lowest BCUT2D eigenvalue weighted by molar-refractivity contribution is -0.139. The van der Waals surface area contributed by atoms with E-state index in [9.17, 15) is 14.7 Å². The number of hydrogen-bond acceptors (Lipinski definition) is 2. The number of carboxylic acids is 1. The smallest absolute Gasteiger partial charge is 0.326 e. The minimum absolute atomic E-state index is 0.201. The minimum Gasteiger partial charge on any atom is -0.480 e. The third-order valence-electron chi connectivity index (χ3n) is 3.01. The number of carbonyl (C=O) groups is 2. The molecule has 0 heterocycles. The summed E-state index contributed by atoms with van der Waals surface area (Å²) < 4.78 is 0. The van der Waals surface area contributed by atoms with Crippen LogP contribution in [0.1, 0.15) is 5.56 Å². The van der Waals surface area contributed by atoms with E-state index in [1.807, 2.05) is 30.3 Å². The molecule has 22 heavy (non-hydrogen) atoms. The van der Waals surface area contributed by atoms with Crippen LogP contribution >= 0.6 is 11.6 Å². The van der Waals surface area contributed by atoms with E-state index in [0.29, 0.717) is 10.7 Å². The number of anilines is 1. The summed E-state index contributed by atoms with van der Waals surface area (Å²) >= 11 is 5.94. The molecule has 2 aromatic rings. The normalized spacial score (nSPS) is 11.5. The van der Waals surface area contributed by atoms with Crippen LogP contribution in [0.25, 0.3) is 0 Å². The van der Waals surface area contributed by atoms with E-state index in [2.05, 4.69) is 10.6 Å². The standard InChI is InChI=1S/C16H15ClN2O3/c17-12-8-4-5-9-13(12)18-16(22)19-14(15(20)21)10-11-6-2-1-3-7-11/h1-9,14H,10H2,(H,20,21)(H2,18,19,22). The summed E-state index contributed by atoms with van der Waals surface area (Å²) in [6.07, 6.45) is 0.201. The summed E-state index contributed by atoms with van der Waals surface area (Å²) in [6.45, 7) is 0. The maximum Gasteiger partial charge on any atom is 0.326 e. The molecule has 0 bridgehead atoms. The highest BCUT2D eigenvalue weighted by Crippen LogP contribution is 2.20. The topological polar surface area (TPSA) is 78.4 Å². The van der Waals surface area contributed by atoms with Crippen molar-refractivity contribution < 1.29 is 14.7 Å². The first kappa shape index (κ1) is 15.9. The second kappa shape index (κ2) is 7.47. The summed E-state index contributed by atoms with van der Waals surface area (Å²) in [7, 11) is 0. The van der Waals surface area contributed by atoms with Crippen LogP contribution in [0.15, 0.2) is 54.6 Å². The lowest BCUT2D eigenvalue weighted by Crippen LogP contribution is -2.44. The molecule has 1 unspecified atom stereocenters. The second-order valence-corrected chi connectivity index (χ2v) is 5.07. The van der Waals surface area contributed by atoms with Gasteiger partial charge in [-0.05, 0) is 17.7 Å². The number of amides is 2. The average molecular weight is 319 g/mol. The third kappa shape index (κ3) is 4.49. The fraction of sp³-hybridized carbons (Fsp3) is 0.125. The fourth-order valence-electron chi connectivity index (χ4n) is 1.93. The van der Waals surface area contributed by atoms with Crippen molar-refractivity contribution in [2.75, 3.05) is 5.32 Å². The van der Waals surface area contributed by atoms with Crippen LogP contribution in [0.2, 0.25) is 5.02 Å². The van der Waals surface area contributed by atoms with Crippen molar-refractivity contribution in [3.63, 3.8) is 0 Å². The zero-order valence-electron chi connectivity index (χ0n) is 11.6. The molecular weight excluding hydrogens is 304 g/mol. The Morgan fingerprint density at radius 3 is 2.32 bits per heavy atom. The van der Waals surface area contributed by atoms with Crippen LogP contribution in [0.5, 0.6) is 0 Å². The van der Waals surface area contributed by atoms with Crippen LogP contribution in [-0.4, -0.2) is 23.1 Å². The molecule has 0 aliphatic carbocycles. The SMILES string of the molecule is O=C(Nc1ccccc1Cl)NC(Cc1ccccc1)C(=O)O. The molecule has 0 aliphatic rings. The summed E-state index contributed by atoms with van der Waals surface area (Å²) in [5, 5.41) is 14.6. The summed E-state index contributed by atoms with van der Waals surface area (Å²) in [4.78, 5) is 23.2. The zero-order chi connectivity index (χ0) is 15.9. The molecule has 0 saturated heterocycles. The molecule has 0 radical (unpaired) electrons. The zero-order valence-corrected chi connectivity index (χ0v) is 12.4. The highest BCUT2D eigenvalue weighted by molar-refractivity contribution is 6.33. The Kier molecular flexibility index (Phi) is 5.38. The van der Waals surface area contributed by atoms with Gasteiger partial charge in [-0.25, -0.2) is 9.59 Å². The summed E-state index contributed by atoms with van der Waals surface area (Å²) in [5.41, 5.74) is 1.25. The van der Waals surface area contributed by atoms with Gasteiger partial charge in [0.15, 0.2) is 0 Å². The predicted molar refractivity (Wildman–Crippen MR) is 85.2 cm³/mol. The first-order valence-electron chi connectivity index (χ1n) is 6.65. The number of aliphatic carboxylic acids is 1. The molecule has 0 spiro atoms. The number of nitrogens with one attached hydrogen (secondary N) is 2. The number of hydrogen-bond donors (Lipinski definition) is 3. The van der Waals surface area contributed by atoms with Gasteiger partial charge in [-0.2, -0.15) is 0 Å². The van der Waals surface area contributed by atoms with Crippen molar-refractivity contribution in [3.05, 3.63) is 65.2 Å². The molecule has 3 N–H and O–H groups in total. The molecule has 0 aliphatic heterocycles. The molecule has 6 heteroatoms. The predicted octanol–water partition coefficient (Wildman–Crippen LogP) is 3.16. The number of rotatable bonds is 5. The summed E-state index contributed by atoms with van der Waals surface area (Å²) in [6, 6.07) is 14.2. The number of halogens is 1. The molecule has 1 atom stereocenters. The van der Waals surface area contributed by atoms with Gasteiger partial charge < -0.3 is 15.7 Å². The lowest BCUT2D eigenvalue weighted by atomic mass is 10.1. The van der Waals surface area contributed by atoms with Crippen LogP contribution in [-0.2, 0) is 11.2 Å². The monoisotopic (exact) mass is 318 g/mol. The van der Waals surface area contributed by atoms with Crippen LogP contribution in [0.4, 0.5) is 10.5 Å². The van der Waals surface area contributed by atoms with Crippen molar-refractivity contribution in [2.45, 2.75) is 12.5 Å². The van der Waals surface area contributed by atoms with E-state index in [1.165, 1.54) is 0 Å². The maximum atomic E-state index is 11.9. The molecule has 2 amide bonds. The van der Waals surface area contributed by atoms with Gasteiger partial charge in [-0.15, -0.1) is 0 Å². The maximum absolute atomic E-state index is 11.9. The van der Waals surface area contributed by atoms with Gasteiger partial charge in [-0.1, -0.05) is 54.1 Å².